The van der Waals surface area contributed by atoms with Crippen LogP contribution in [0.15, 0.2) is 53.4 Å². The Morgan fingerprint density at radius 3 is 2.20 bits per heavy atom. The average molecular weight is 362 g/mol. The lowest BCUT2D eigenvalue weighted by Crippen LogP contribution is -2.22. The van der Waals surface area contributed by atoms with Crippen LogP contribution in [-0.4, -0.2) is 38.8 Å². The Morgan fingerprint density at radius 1 is 1.04 bits per heavy atom. The van der Waals surface area contributed by atoms with Gasteiger partial charge in [0, 0.05) is 19.8 Å². The van der Waals surface area contributed by atoms with Gasteiger partial charge in [-0.25, -0.2) is 12.7 Å². The SMILES string of the molecule is CC(C)Oc1ccccc1C(=O)Nc1ccc(S(=O)(=O)N(C)C)cc1. The second-order valence-corrected chi connectivity index (χ2v) is 8.08. The van der Waals surface area contributed by atoms with Gasteiger partial charge in [0.1, 0.15) is 5.75 Å². The molecule has 0 aliphatic carbocycles. The van der Waals surface area contributed by atoms with E-state index >= 15 is 0 Å². The molecule has 0 atom stereocenters. The van der Waals surface area contributed by atoms with Crippen LogP contribution in [0.5, 0.6) is 5.75 Å². The number of carbonyl (C=O) groups excluding carboxylic acids is 1. The van der Waals surface area contributed by atoms with Crippen LogP contribution in [0.3, 0.4) is 0 Å². The maximum Gasteiger partial charge on any atom is 0.259 e. The van der Waals surface area contributed by atoms with Crippen molar-refractivity contribution in [3.8, 4) is 5.75 Å². The number of sulfonamides is 1. The van der Waals surface area contributed by atoms with E-state index < -0.39 is 10.0 Å². The highest BCUT2D eigenvalue weighted by Crippen LogP contribution is 2.22. The summed E-state index contributed by atoms with van der Waals surface area (Å²) in [6, 6.07) is 13.0. The van der Waals surface area contributed by atoms with Gasteiger partial charge in [0.05, 0.1) is 16.6 Å². The first kappa shape index (κ1) is 19.0. The van der Waals surface area contributed by atoms with E-state index in [0.29, 0.717) is 17.0 Å². The predicted octanol–water partition coefficient (Wildman–Crippen LogP) is 2.98. The lowest BCUT2D eigenvalue weighted by molar-refractivity contribution is 0.102. The van der Waals surface area contributed by atoms with Gasteiger partial charge in [-0.2, -0.15) is 0 Å². The highest BCUT2D eigenvalue weighted by atomic mass is 32.2. The number of rotatable bonds is 6. The summed E-state index contributed by atoms with van der Waals surface area (Å²) in [6.07, 6.45) is -0.0514. The lowest BCUT2D eigenvalue weighted by Gasteiger charge is -2.14. The molecular weight excluding hydrogens is 340 g/mol. The first-order valence-electron chi connectivity index (χ1n) is 7.81. The molecule has 2 aromatic carbocycles. The van der Waals surface area contributed by atoms with E-state index in [1.807, 2.05) is 13.8 Å². The number of hydrogen-bond acceptors (Lipinski definition) is 4. The van der Waals surface area contributed by atoms with E-state index in [4.69, 9.17) is 4.74 Å². The fraction of sp³-hybridized carbons (Fsp3) is 0.278. The van der Waals surface area contributed by atoms with Crippen LogP contribution in [-0.2, 0) is 10.0 Å². The zero-order valence-electron chi connectivity index (χ0n) is 14.7. The van der Waals surface area contributed by atoms with Gasteiger partial charge < -0.3 is 10.1 Å². The summed E-state index contributed by atoms with van der Waals surface area (Å²) in [5.41, 5.74) is 0.920. The summed E-state index contributed by atoms with van der Waals surface area (Å²) < 4.78 is 30.9. The summed E-state index contributed by atoms with van der Waals surface area (Å²) in [5.74, 6) is 0.182. The van der Waals surface area contributed by atoms with Crippen molar-refractivity contribution in [2.24, 2.45) is 0 Å². The largest absolute Gasteiger partial charge is 0.490 e. The van der Waals surface area contributed by atoms with Crippen molar-refractivity contribution >= 4 is 21.6 Å². The zero-order valence-corrected chi connectivity index (χ0v) is 15.5. The molecule has 2 rings (SSSR count). The van der Waals surface area contributed by atoms with E-state index in [2.05, 4.69) is 5.32 Å². The molecular formula is C18H22N2O4S. The van der Waals surface area contributed by atoms with Gasteiger partial charge in [-0.15, -0.1) is 0 Å². The van der Waals surface area contributed by atoms with E-state index in [0.717, 1.165) is 4.31 Å². The van der Waals surface area contributed by atoms with Crippen LogP contribution in [0.1, 0.15) is 24.2 Å². The molecule has 25 heavy (non-hydrogen) atoms. The van der Waals surface area contributed by atoms with Crippen molar-refractivity contribution in [1.29, 1.82) is 0 Å². The van der Waals surface area contributed by atoms with E-state index in [9.17, 15) is 13.2 Å². The molecule has 0 fully saturated rings. The molecule has 1 N–H and O–H groups in total. The molecule has 2 aromatic rings. The summed E-state index contributed by atoms with van der Waals surface area (Å²) in [4.78, 5) is 12.7. The normalized spacial score (nSPS) is 11.6. The maximum atomic E-state index is 12.5. The molecule has 0 saturated carbocycles. The summed E-state index contributed by atoms with van der Waals surface area (Å²) in [6.45, 7) is 3.77. The quantitative estimate of drug-likeness (QED) is 0.857. The molecule has 134 valence electrons. The number of ether oxygens (including phenoxy) is 1. The minimum absolute atomic E-state index is 0.0514. The first-order valence-corrected chi connectivity index (χ1v) is 9.25. The topological polar surface area (TPSA) is 75.7 Å². The van der Waals surface area contributed by atoms with Gasteiger partial charge in [0.15, 0.2) is 0 Å². The highest BCUT2D eigenvalue weighted by molar-refractivity contribution is 7.89. The molecule has 0 spiro atoms. The van der Waals surface area contributed by atoms with Gasteiger partial charge in [-0.1, -0.05) is 12.1 Å². The summed E-state index contributed by atoms with van der Waals surface area (Å²) in [5, 5.41) is 2.75. The number of carbonyl (C=O) groups is 1. The van der Waals surface area contributed by atoms with Gasteiger partial charge in [-0.05, 0) is 50.2 Å². The Kier molecular flexibility index (Phi) is 5.81. The molecule has 0 saturated heterocycles. The molecule has 0 aromatic heterocycles. The van der Waals surface area contributed by atoms with Crippen LogP contribution < -0.4 is 10.1 Å². The number of anilines is 1. The van der Waals surface area contributed by atoms with Crippen molar-refractivity contribution in [2.75, 3.05) is 19.4 Å². The summed E-state index contributed by atoms with van der Waals surface area (Å²) >= 11 is 0. The molecule has 0 heterocycles. The van der Waals surface area contributed by atoms with Crippen LogP contribution >= 0.6 is 0 Å². The van der Waals surface area contributed by atoms with Crippen molar-refractivity contribution in [1.82, 2.24) is 4.31 Å². The fourth-order valence-corrected chi connectivity index (χ4v) is 3.03. The Bertz CT molecular complexity index is 844. The van der Waals surface area contributed by atoms with Crippen LogP contribution in [0.2, 0.25) is 0 Å². The van der Waals surface area contributed by atoms with Crippen molar-refractivity contribution in [3.63, 3.8) is 0 Å². The Morgan fingerprint density at radius 2 is 1.64 bits per heavy atom. The fourth-order valence-electron chi connectivity index (χ4n) is 2.13. The van der Waals surface area contributed by atoms with Crippen molar-refractivity contribution < 1.29 is 17.9 Å². The second kappa shape index (κ2) is 7.67. The number of amides is 1. The summed E-state index contributed by atoms with van der Waals surface area (Å²) in [7, 11) is -0.556. The smallest absolute Gasteiger partial charge is 0.259 e. The van der Waals surface area contributed by atoms with E-state index in [1.54, 1.807) is 36.4 Å². The standard InChI is InChI=1S/C18H22N2O4S/c1-13(2)24-17-8-6-5-7-16(17)18(21)19-14-9-11-15(12-10-14)25(22,23)20(3)4/h5-13H,1-4H3,(H,19,21). The minimum Gasteiger partial charge on any atom is -0.490 e. The van der Waals surface area contributed by atoms with E-state index in [1.165, 1.54) is 26.2 Å². The Labute approximate surface area is 148 Å². The predicted molar refractivity (Wildman–Crippen MR) is 97.5 cm³/mol. The molecule has 0 unspecified atom stereocenters. The van der Waals surface area contributed by atoms with Crippen LogP contribution in [0, 0.1) is 0 Å². The zero-order chi connectivity index (χ0) is 18.6. The van der Waals surface area contributed by atoms with Crippen LogP contribution in [0.25, 0.3) is 0 Å². The maximum absolute atomic E-state index is 12.5. The van der Waals surface area contributed by atoms with E-state index in [-0.39, 0.29) is 16.9 Å². The van der Waals surface area contributed by atoms with Crippen molar-refractivity contribution in [3.05, 3.63) is 54.1 Å². The monoisotopic (exact) mass is 362 g/mol. The molecule has 0 aliphatic rings. The third-order valence-corrected chi connectivity index (χ3v) is 5.21. The minimum atomic E-state index is -3.49. The third kappa shape index (κ3) is 4.58. The Hall–Kier alpha value is -2.38. The highest BCUT2D eigenvalue weighted by Gasteiger charge is 2.17. The number of para-hydroxylation sites is 1. The molecule has 6 nitrogen and oxygen atoms in total. The molecule has 0 bridgehead atoms. The average Bonchev–Trinajstić information content (AvgIpc) is 2.55. The number of hydrogen-bond donors (Lipinski definition) is 1. The molecule has 1 amide bonds. The second-order valence-electron chi connectivity index (χ2n) is 5.93. The van der Waals surface area contributed by atoms with Crippen LogP contribution in [0.4, 0.5) is 5.69 Å². The molecule has 0 aliphatic heterocycles. The lowest BCUT2D eigenvalue weighted by atomic mass is 10.1. The van der Waals surface area contributed by atoms with Crippen molar-refractivity contribution in [2.45, 2.75) is 24.8 Å². The molecule has 7 heteroatoms. The van der Waals surface area contributed by atoms with Gasteiger partial charge in [-0.3, -0.25) is 4.79 Å². The van der Waals surface area contributed by atoms with Gasteiger partial charge in [0.25, 0.3) is 5.91 Å². The third-order valence-electron chi connectivity index (χ3n) is 3.39. The number of benzene rings is 2. The van der Waals surface area contributed by atoms with Gasteiger partial charge in [0.2, 0.25) is 10.0 Å². The number of nitrogens with zero attached hydrogens (tertiary/aromatic N) is 1. The Balaban J connectivity index is 2.20. The molecule has 0 radical (unpaired) electrons. The first-order chi connectivity index (χ1) is 11.7. The number of nitrogens with one attached hydrogen (secondary N) is 1. The van der Waals surface area contributed by atoms with Gasteiger partial charge >= 0.3 is 0 Å².